The number of carbonyl (C=O) groups is 1. The standard InChI is InChI=1S/C20H16Cl2O3/c1-12(2)7-8-24-14-4-5-15-18(11-14)25-19(20(15)23)10-13-3-6-16(21)17(22)9-13/h3-7,9-11H,8H2,1-2H3. The number of ketones is 1. The highest BCUT2D eigenvalue weighted by Gasteiger charge is 2.27. The van der Waals surface area contributed by atoms with E-state index in [2.05, 4.69) is 0 Å². The van der Waals surface area contributed by atoms with Crippen molar-refractivity contribution in [2.24, 2.45) is 0 Å². The van der Waals surface area contributed by atoms with Gasteiger partial charge in [0.25, 0.3) is 0 Å². The van der Waals surface area contributed by atoms with Gasteiger partial charge >= 0.3 is 0 Å². The first-order valence-electron chi connectivity index (χ1n) is 7.73. The summed E-state index contributed by atoms with van der Waals surface area (Å²) in [5.41, 5.74) is 2.44. The lowest BCUT2D eigenvalue weighted by Crippen LogP contribution is -1.98. The van der Waals surface area contributed by atoms with E-state index in [1.165, 1.54) is 5.57 Å². The molecule has 3 nitrogen and oxygen atoms in total. The van der Waals surface area contributed by atoms with Gasteiger partial charge in [-0.2, -0.15) is 0 Å². The molecule has 0 saturated heterocycles. The highest BCUT2D eigenvalue weighted by atomic mass is 35.5. The van der Waals surface area contributed by atoms with Gasteiger partial charge in [-0.1, -0.05) is 34.8 Å². The summed E-state index contributed by atoms with van der Waals surface area (Å²) < 4.78 is 11.3. The minimum Gasteiger partial charge on any atom is -0.489 e. The monoisotopic (exact) mass is 374 g/mol. The molecular formula is C20H16Cl2O3. The number of Topliss-reactive ketones (excluding diaryl/α,β-unsaturated/α-hetero) is 1. The van der Waals surface area contributed by atoms with Crippen LogP contribution in [-0.4, -0.2) is 12.4 Å². The number of fused-ring (bicyclic) bond motifs is 1. The van der Waals surface area contributed by atoms with Crippen molar-refractivity contribution in [3.05, 3.63) is 75.0 Å². The number of benzene rings is 2. The molecule has 128 valence electrons. The third kappa shape index (κ3) is 4.06. The van der Waals surface area contributed by atoms with Gasteiger partial charge in [-0.15, -0.1) is 0 Å². The highest BCUT2D eigenvalue weighted by Crippen LogP contribution is 2.35. The number of hydrogen-bond donors (Lipinski definition) is 0. The molecular weight excluding hydrogens is 359 g/mol. The quantitative estimate of drug-likeness (QED) is 0.489. The molecule has 1 aliphatic heterocycles. The van der Waals surface area contributed by atoms with Gasteiger partial charge in [0.15, 0.2) is 5.76 Å². The van der Waals surface area contributed by atoms with E-state index in [4.69, 9.17) is 32.7 Å². The fourth-order valence-electron chi connectivity index (χ4n) is 2.32. The van der Waals surface area contributed by atoms with Crippen LogP contribution in [0.4, 0.5) is 0 Å². The summed E-state index contributed by atoms with van der Waals surface area (Å²) in [4.78, 5) is 12.5. The van der Waals surface area contributed by atoms with Gasteiger partial charge in [-0.05, 0) is 55.8 Å². The Morgan fingerprint density at radius 2 is 1.92 bits per heavy atom. The highest BCUT2D eigenvalue weighted by molar-refractivity contribution is 6.42. The van der Waals surface area contributed by atoms with E-state index in [0.29, 0.717) is 33.7 Å². The molecule has 0 amide bonds. The third-order valence-corrected chi connectivity index (χ3v) is 4.36. The maximum atomic E-state index is 12.5. The molecule has 5 heteroatoms. The van der Waals surface area contributed by atoms with Crippen LogP contribution in [0.25, 0.3) is 6.08 Å². The average Bonchev–Trinajstić information content (AvgIpc) is 2.86. The Kier molecular flexibility index (Phi) is 5.16. The second-order valence-electron chi connectivity index (χ2n) is 5.86. The maximum absolute atomic E-state index is 12.5. The van der Waals surface area contributed by atoms with Crippen molar-refractivity contribution in [1.29, 1.82) is 0 Å². The second-order valence-corrected chi connectivity index (χ2v) is 6.68. The van der Waals surface area contributed by atoms with Gasteiger partial charge in [-0.25, -0.2) is 0 Å². The Morgan fingerprint density at radius 1 is 1.12 bits per heavy atom. The average molecular weight is 375 g/mol. The summed E-state index contributed by atoms with van der Waals surface area (Å²) in [5, 5.41) is 0.887. The number of hydrogen-bond acceptors (Lipinski definition) is 3. The lowest BCUT2D eigenvalue weighted by atomic mass is 10.1. The van der Waals surface area contributed by atoms with E-state index in [0.717, 1.165) is 5.56 Å². The Labute approximate surface area is 156 Å². The van der Waals surface area contributed by atoms with Crippen LogP contribution in [0.1, 0.15) is 29.8 Å². The molecule has 0 spiro atoms. The molecule has 0 fully saturated rings. The molecule has 0 unspecified atom stereocenters. The van der Waals surface area contributed by atoms with E-state index >= 15 is 0 Å². The number of ether oxygens (including phenoxy) is 2. The van der Waals surface area contributed by atoms with E-state index in [9.17, 15) is 4.79 Å². The van der Waals surface area contributed by atoms with E-state index < -0.39 is 0 Å². The van der Waals surface area contributed by atoms with Crippen LogP contribution in [0.3, 0.4) is 0 Å². The smallest absolute Gasteiger partial charge is 0.231 e. The normalized spacial score (nSPS) is 14.2. The van der Waals surface area contributed by atoms with Crippen molar-refractivity contribution in [3.8, 4) is 11.5 Å². The SMILES string of the molecule is CC(C)=CCOc1ccc2c(c1)OC(=Cc1ccc(Cl)c(Cl)c1)C2=O. The maximum Gasteiger partial charge on any atom is 0.231 e. The Balaban J connectivity index is 1.81. The Bertz CT molecular complexity index is 894. The molecule has 0 saturated carbocycles. The van der Waals surface area contributed by atoms with Gasteiger partial charge in [0, 0.05) is 6.07 Å². The van der Waals surface area contributed by atoms with Crippen molar-refractivity contribution in [1.82, 2.24) is 0 Å². The lowest BCUT2D eigenvalue weighted by Gasteiger charge is -2.05. The molecule has 0 radical (unpaired) electrons. The summed E-state index contributed by atoms with van der Waals surface area (Å²) >= 11 is 11.9. The molecule has 3 rings (SSSR count). The second kappa shape index (κ2) is 7.34. The van der Waals surface area contributed by atoms with Crippen molar-refractivity contribution in [2.45, 2.75) is 13.8 Å². The molecule has 0 aliphatic carbocycles. The lowest BCUT2D eigenvalue weighted by molar-refractivity contribution is 0.101. The topological polar surface area (TPSA) is 35.5 Å². The first kappa shape index (κ1) is 17.6. The first-order valence-corrected chi connectivity index (χ1v) is 8.49. The van der Waals surface area contributed by atoms with Gasteiger partial charge in [0.05, 0.1) is 15.6 Å². The number of halogens is 2. The van der Waals surface area contributed by atoms with Crippen LogP contribution in [-0.2, 0) is 0 Å². The largest absolute Gasteiger partial charge is 0.489 e. The van der Waals surface area contributed by atoms with E-state index in [1.807, 2.05) is 19.9 Å². The minimum atomic E-state index is -0.170. The van der Waals surface area contributed by atoms with E-state index in [1.54, 1.807) is 42.5 Å². The Hall–Kier alpha value is -2.23. The molecule has 2 aromatic carbocycles. The summed E-state index contributed by atoms with van der Waals surface area (Å²) in [5.74, 6) is 1.22. The summed E-state index contributed by atoms with van der Waals surface area (Å²) in [6, 6.07) is 10.3. The number of carbonyl (C=O) groups excluding carboxylic acids is 1. The minimum absolute atomic E-state index is 0.170. The number of allylic oxidation sites excluding steroid dienone is 2. The van der Waals surface area contributed by atoms with Crippen molar-refractivity contribution in [2.75, 3.05) is 6.61 Å². The fourth-order valence-corrected chi connectivity index (χ4v) is 2.62. The fraction of sp³-hybridized carbons (Fsp3) is 0.150. The Morgan fingerprint density at radius 3 is 2.64 bits per heavy atom. The van der Waals surface area contributed by atoms with Crippen LogP contribution >= 0.6 is 23.2 Å². The summed E-state index contributed by atoms with van der Waals surface area (Å²) in [6.45, 7) is 4.49. The molecule has 2 aromatic rings. The molecule has 1 aliphatic rings. The molecule has 25 heavy (non-hydrogen) atoms. The predicted octanol–water partition coefficient (Wildman–Crippen LogP) is 5.95. The summed E-state index contributed by atoms with van der Waals surface area (Å²) in [7, 11) is 0. The van der Waals surface area contributed by atoms with Crippen LogP contribution in [0.15, 0.2) is 53.8 Å². The molecule has 0 N–H and O–H groups in total. The molecule has 0 atom stereocenters. The first-order chi connectivity index (χ1) is 11.9. The van der Waals surface area contributed by atoms with Crippen molar-refractivity contribution in [3.63, 3.8) is 0 Å². The molecule has 0 bridgehead atoms. The zero-order valence-corrected chi connectivity index (χ0v) is 15.3. The zero-order valence-electron chi connectivity index (χ0n) is 13.8. The van der Waals surface area contributed by atoms with Gasteiger partial charge in [0.2, 0.25) is 5.78 Å². The van der Waals surface area contributed by atoms with Crippen LogP contribution in [0.5, 0.6) is 11.5 Å². The van der Waals surface area contributed by atoms with Crippen LogP contribution in [0, 0.1) is 0 Å². The van der Waals surface area contributed by atoms with E-state index in [-0.39, 0.29) is 11.5 Å². The van der Waals surface area contributed by atoms with Gasteiger partial charge < -0.3 is 9.47 Å². The molecule has 0 aromatic heterocycles. The van der Waals surface area contributed by atoms with Crippen molar-refractivity contribution < 1.29 is 14.3 Å². The van der Waals surface area contributed by atoms with Crippen LogP contribution < -0.4 is 9.47 Å². The molecule has 1 heterocycles. The van der Waals surface area contributed by atoms with Crippen LogP contribution in [0.2, 0.25) is 10.0 Å². The van der Waals surface area contributed by atoms with Gasteiger partial charge in [-0.3, -0.25) is 4.79 Å². The number of rotatable bonds is 4. The van der Waals surface area contributed by atoms with Crippen molar-refractivity contribution >= 4 is 35.1 Å². The third-order valence-electron chi connectivity index (χ3n) is 3.62. The zero-order chi connectivity index (χ0) is 18.0. The summed E-state index contributed by atoms with van der Waals surface area (Å²) in [6.07, 6.45) is 3.63. The van der Waals surface area contributed by atoms with Gasteiger partial charge in [0.1, 0.15) is 18.1 Å². The predicted molar refractivity (Wildman–Crippen MR) is 101 cm³/mol.